The number of rotatable bonds is 3. The highest BCUT2D eigenvalue weighted by Crippen LogP contribution is 2.38. The van der Waals surface area contributed by atoms with Crippen molar-refractivity contribution in [2.45, 2.75) is 6.18 Å². The van der Waals surface area contributed by atoms with Crippen LogP contribution in [0.3, 0.4) is 0 Å². The number of hydrogen-bond acceptors (Lipinski definition) is 5. The number of nitro groups is 1. The molecule has 0 amide bonds. The summed E-state index contributed by atoms with van der Waals surface area (Å²) in [5.41, 5.74) is -2.34. The first-order valence-corrected chi connectivity index (χ1v) is 6.07. The Bertz CT molecular complexity index is 581. The number of nitrogens with zero attached hydrogens (tertiary/aromatic N) is 1. The summed E-state index contributed by atoms with van der Waals surface area (Å²) in [4.78, 5) is 9.33. The topological polar surface area (TPSA) is 86.5 Å². The van der Waals surface area contributed by atoms with Crippen LogP contribution in [0, 0.1) is 10.1 Å². The quantitative estimate of drug-likeness (QED) is 0.481. The second kappa shape index (κ2) is 4.44. The van der Waals surface area contributed by atoms with Gasteiger partial charge < -0.3 is 4.18 Å². The third kappa shape index (κ3) is 3.58. The summed E-state index contributed by atoms with van der Waals surface area (Å²) in [7, 11) is -4.16. The van der Waals surface area contributed by atoms with E-state index in [9.17, 15) is 31.7 Å². The van der Waals surface area contributed by atoms with Crippen molar-refractivity contribution in [3.63, 3.8) is 0 Å². The van der Waals surface area contributed by atoms with Gasteiger partial charge in [-0.05, 0) is 6.07 Å². The molecule has 0 radical (unpaired) electrons. The van der Waals surface area contributed by atoms with E-state index in [1.807, 2.05) is 0 Å². The van der Waals surface area contributed by atoms with Gasteiger partial charge in [0, 0.05) is 12.1 Å². The number of halogens is 3. The molecule has 10 heteroatoms. The average molecular weight is 285 g/mol. The van der Waals surface area contributed by atoms with Gasteiger partial charge in [0.2, 0.25) is 0 Å². The van der Waals surface area contributed by atoms with Gasteiger partial charge in [-0.1, -0.05) is 0 Å². The first-order chi connectivity index (χ1) is 8.00. The molecule has 0 saturated carbocycles. The second-order valence-electron chi connectivity index (χ2n) is 3.22. The molecule has 1 aromatic rings. The van der Waals surface area contributed by atoms with E-state index in [0.717, 1.165) is 6.07 Å². The molecule has 0 spiro atoms. The van der Waals surface area contributed by atoms with E-state index in [-0.39, 0.29) is 6.07 Å². The van der Waals surface area contributed by atoms with Crippen molar-refractivity contribution >= 4 is 15.8 Å². The molecule has 0 fully saturated rings. The van der Waals surface area contributed by atoms with Crippen LogP contribution in [0.1, 0.15) is 5.56 Å². The monoisotopic (exact) mass is 285 g/mol. The van der Waals surface area contributed by atoms with Crippen LogP contribution in [-0.4, -0.2) is 19.6 Å². The number of nitro benzene ring substituents is 1. The highest BCUT2D eigenvalue weighted by atomic mass is 32.2. The molecule has 0 aromatic heterocycles. The molecule has 0 atom stereocenters. The summed E-state index contributed by atoms with van der Waals surface area (Å²) in [6.07, 6.45) is -4.40. The maximum absolute atomic E-state index is 12.6. The van der Waals surface area contributed by atoms with Crippen molar-refractivity contribution in [2.75, 3.05) is 6.26 Å². The van der Waals surface area contributed by atoms with Gasteiger partial charge in [-0.2, -0.15) is 21.6 Å². The molecular formula is C8H6F3NO5S. The molecule has 0 saturated heterocycles. The van der Waals surface area contributed by atoms with Crippen molar-refractivity contribution in [1.29, 1.82) is 0 Å². The van der Waals surface area contributed by atoms with Crippen LogP contribution < -0.4 is 4.18 Å². The summed E-state index contributed by atoms with van der Waals surface area (Å²) in [5, 5.41) is 10.4. The molecule has 18 heavy (non-hydrogen) atoms. The Hall–Kier alpha value is -1.84. The molecule has 0 aliphatic heterocycles. The molecule has 0 aliphatic carbocycles. The second-order valence-corrected chi connectivity index (χ2v) is 4.80. The van der Waals surface area contributed by atoms with Crippen LogP contribution in [-0.2, 0) is 16.3 Å². The summed E-state index contributed by atoms with van der Waals surface area (Å²) in [6, 6.07) is 1.51. The molecule has 0 N–H and O–H groups in total. The molecule has 6 nitrogen and oxygen atoms in total. The minimum Gasteiger partial charge on any atom is -0.382 e. The highest BCUT2D eigenvalue weighted by molar-refractivity contribution is 7.86. The van der Waals surface area contributed by atoms with E-state index < -0.39 is 38.2 Å². The zero-order valence-corrected chi connectivity index (χ0v) is 9.58. The van der Waals surface area contributed by atoms with Gasteiger partial charge >= 0.3 is 16.3 Å². The maximum atomic E-state index is 12.6. The standard InChI is InChI=1S/C8H6F3NO5S/c1-18(15,16)17-7-3-2-5(12(13)14)4-6(7)8(9,10)11/h2-4H,1H3. The van der Waals surface area contributed by atoms with Crippen molar-refractivity contribution < 1.29 is 30.7 Å². The largest absolute Gasteiger partial charge is 0.420 e. The zero-order valence-electron chi connectivity index (χ0n) is 8.76. The van der Waals surface area contributed by atoms with Gasteiger partial charge in [-0.3, -0.25) is 10.1 Å². The Kier molecular flexibility index (Phi) is 3.51. The van der Waals surface area contributed by atoms with Crippen LogP contribution in [0.15, 0.2) is 18.2 Å². The Morgan fingerprint density at radius 1 is 1.33 bits per heavy atom. The van der Waals surface area contributed by atoms with Crippen LogP contribution in [0.2, 0.25) is 0 Å². The van der Waals surface area contributed by atoms with Gasteiger partial charge in [0.25, 0.3) is 5.69 Å². The lowest BCUT2D eigenvalue weighted by atomic mass is 10.2. The molecule has 0 heterocycles. The van der Waals surface area contributed by atoms with Crippen molar-refractivity contribution in [3.05, 3.63) is 33.9 Å². The van der Waals surface area contributed by atoms with Crippen LogP contribution in [0.25, 0.3) is 0 Å². The van der Waals surface area contributed by atoms with E-state index >= 15 is 0 Å². The van der Waals surface area contributed by atoms with Crippen molar-refractivity contribution in [3.8, 4) is 5.75 Å². The van der Waals surface area contributed by atoms with Gasteiger partial charge in [-0.15, -0.1) is 0 Å². The molecule has 0 unspecified atom stereocenters. The fraction of sp³-hybridized carbons (Fsp3) is 0.250. The molecule has 1 aromatic carbocycles. The first kappa shape index (κ1) is 14.2. The molecule has 100 valence electrons. The van der Waals surface area contributed by atoms with Crippen LogP contribution >= 0.6 is 0 Å². The van der Waals surface area contributed by atoms with E-state index in [4.69, 9.17) is 0 Å². The number of non-ortho nitro benzene ring substituents is 1. The SMILES string of the molecule is CS(=O)(=O)Oc1ccc([N+](=O)[O-])cc1C(F)(F)F. The third-order valence-electron chi connectivity index (χ3n) is 1.72. The minimum absolute atomic E-state index is 0.209. The van der Waals surface area contributed by atoms with Gasteiger partial charge in [0.05, 0.1) is 11.2 Å². The summed E-state index contributed by atoms with van der Waals surface area (Å²) < 4.78 is 63.4. The normalized spacial score (nSPS) is 12.2. The lowest BCUT2D eigenvalue weighted by molar-refractivity contribution is -0.385. The summed E-state index contributed by atoms with van der Waals surface area (Å²) in [5.74, 6) is -1.00. The fourth-order valence-electron chi connectivity index (χ4n) is 1.09. The maximum Gasteiger partial charge on any atom is 0.420 e. The third-order valence-corrected chi connectivity index (χ3v) is 2.20. The van der Waals surface area contributed by atoms with E-state index in [1.165, 1.54) is 0 Å². The number of benzene rings is 1. The molecule has 1 rings (SSSR count). The lowest BCUT2D eigenvalue weighted by Crippen LogP contribution is -2.13. The van der Waals surface area contributed by atoms with Crippen molar-refractivity contribution in [1.82, 2.24) is 0 Å². The number of hydrogen-bond donors (Lipinski definition) is 0. The van der Waals surface area contributed by atoms with Gasteiger partial charge in [-0.25, -0.2) is 0 Å². The molecular weight excluding hydrogens is 279 g/mol. The van der Waals surface area contributed by atoms with Crippen LogP contribution in [0.5, 0.6) is 5.75 Å². The highest BCUT2D eigenvalue weighted by Gasteiger charge is 2.37. The lowest BCUT2D eigenvalue weighted by Gasteiger charge is -2.11. The van der Waals surface area contributed by atoms with Crippen LogP contribution in [0.4, 0.5) is 18.9 Å². The Balaban J connectivity index is 3.39. The van der Waals surface area contributed by atoms with E-state index in [1.54, 1.807) is 0 Å². The summed E-state index contributed by atoms with van der Waals surface area (Å²) in [6.45, 7) is 0. The smallest absolute Gasteiger partial charge is 0.382 e. The Morgan fingerprint density at radius 3 is 2.28 bits per heavy atom. The Labute approximate surface area is 99.3 Å². The molecule has 0 bridgehead atoms. The predicted molar refractivity (Wildman–Crippen MR) is 53.6 cm³/mol. The summed E-state index contributed by atoms with van der Waals surface area (Å²) >= 11 is 0. The zero-order chi connectivity index (χ0) is 14.1. The van der Waals surface area contributed by atoms with E-state index in [0.29, 0.717) is 12.3 Å². The number of alkyl halides is 3. The Morgan fingerprint density at radius 2 is 1.89 bits per heavy atom. The van der Waals surface area contributed by atoms with Crippen molar-refractivity contribution in [2.24, 2.45) is 0 Å². The van der Waals surface area contributed by atoms with Gasteiger partial charge in [0.1, 0.15) is 5.56 Å². The molecule has 0 aliphatic rings. The average Bonchev–Trinajstić information content (AvgIpc) is 2.13. The van der Waals surface area contributed by atoms with E-state index in [2.05, 4.69) is 4.18 Å². The minimum atomic E-state index is -4.97. The predicted octanol–water partition coefficient (Wildman–Crippen LogP) is 1.95. The first-order valence-electron chi connectivity index (χ1n) is 4.26. The van der Waals surface area contributed by atoms with Gasteiger partial charge in [0.15, 0.2) is 5.75 Å². The fourth-order valence-corrected chi connectivity index (χ4v) is 1.56.